The largest absolute Gasteiger partial charge is 0.390 e. The van der Waals surface area contributed by atoms with E-state index >= 15 is 0 Å². The monoisotopic (exact) mass is 373 g/mol. The number of aliphatic hydroxyl groups is 1. The molecular weight excluding hydrogens is 370 g/mol. The van der Waals surface area contributed by atoms with E-state index in [9.17, 15) is 4.39 Å². The van der Waals surface area contributed by atoms with Crippen LogP contribution in [0.4, 0.5) is 4.39 Å². The highest BCUT2D eigenvalue weighted by Gasteiger charge is 2.21. The molecule has 2 rings (SSSR count). The molecule has 0 atom stereocenters. The van der Waals surface area contributed by atoms with Gasteiger partial charge in [0.1, 0.15) is 11.5 Å². The van der Waals surface area contributed by atoms with E-state index in [1.807, 2.05) is 0 Å². The highest BCUT2D eigenvalue weighted by molar-refractivity contribution is 6.56. The van der Waals surface area contributed by atoms with E-state index in [-0.39, 0.29) is 42.1 Å². The van der Waals surface area contributed by atoms with Crippen molar-refractivity contribution < 1.29 is 9.50 Å². The Labute approximate surface area is 139 Å². The molecule has 0 fully saturated rings. The molecule has 20 heavy (non-hydrogen) atoms. The average Bonchev–Trinajstić information content (AvgIpc) is 2.45. The zero-order valence-electron chi connectivity index (χ0n) is 9.52. The van der Waals surface area contributed by atoms with Gasteiger partial charge in [0.05, 0.1) is 37.4 Å². The predicted molar refractivity (Wildman–Crippen MR) is 80.6 cm³/mol. The van der Waals surface area contributed by atoms with Crippen LogP contribution in [0.25, 0.3) is 11.3 Å². The van der Waals surface area contributed by atoms with Crippen LogP contribution in [0.2, 0.25) is 25.1 Å². The van der Waals surface area contributed by atoms with Crippen molar-refractivity contribution in [3.8, 4) is 11.3 Å². The zero-order valence-corrected chi connectivity index (χ0v) is 13.3. The summed E-state index contributed by atoms with van der Waals surface area (Å²) in [5.41, 5.74) is 0.310. The topological polar surface area (TPSA) is 33.1 Å². The number of pyridine rings is 1. The van der Waals surface area contributed by atoms with Crippen LogP contribution in [0.5, 0.6) is 0 Å². The Balaban J connectivity index is 2.76. The smallest absolute Gasteiger partial charge is 0.147 e. The molecule has 0 aliphatic rings. The molecule has 0 aliphatic heterocycles. The zero-order chi connectivity index (χ0) is 15.0. The van der Waals surface area contributed by atoms with E-state index in [1.165, 1.54) is 6.07 Å². The van der Waals surface area contributed by atoms with Crippen molar-refractivity contribution in [2.75, 3.05) is 0 Å². The van der Waals surface area contributed by atoms with Gasteiger partial charge in [-0.1, -0.05) is 58.0 Å². The molecule has 1 aromatic carbocycles. The molecule has 1 N–H and O–H groups in total. The van der Waals surface area contributed by atoms with Crippen LogP contribution in [-0.2, 0) is 6.61 Å². The minimum atomic E-state index is -0.644. The van der Waals surface area contributed by atoms with Crippen molar-refractivity contribution in [1.29, 1.82) is 0 Å². The summed E-state index contributed by atoms with van der Waals surface area (Å²) in [6, 6.07) is 2.49. The maximum atomic E-state index is 13.3. The number of aromatic nitrogens is 1. The number of benzene rings is 1. The third kappa shape index (κ3) is 2.71. The number of rotatable bonds is 2. The Morgan fingerprint density at radius 2 is 1.40 bits per heavy atom. The van der Waals surface area contributed by atoms with Crippen molar-refractivity contribution in [1.82, 2.24) is 4.98 Å². The third-order valence-electron chi connectivity index (χ3n) is 2.53. The molecule has 0 radical (unpaired) electrons. The van der Waals surface area contributed by atoms with Gasteiger partial charge >= 0.3 is 0 Å². The third-order valence-corrected chi connectivity index (χ3v) is 4.81. The Kier molecular flexibility index (Phi) is 5.00. The Hall–Kier alpha value is -0.290. The first-order valence-corrected chi connectivity index (χ1v) is 7.05. The molecule has 0 saturated carbocycles. The van der Waals surface area contributed by atoms with E-state index in [1.54, 1.807) is 0 Å². The average molecular weight is 375 g/mol. The summed E-state index contributed by atoms with van der Waals surface area (Å²) in [4.78, 5) is 3.94. The number of nitrogens with zero attached hydrogens (tertiary/aromatic N) is 1. The summed E-state index contributed by atoms with van der Waals surface area (Å²) in [5, 5.41) is 9.21. The SMILES string of the molecule is OCc1nc(-c2c(Cl)c(Cl)c(Cl)c(Cl)c2Cl)ccc1F. The minimum Gasteiger partial charge on any atom is -0.390 e. The van der Waals surface area contributed by atoms with Gasteiger partial charge in [0, 0.05) is 5.56 Å². The molecule has 0 amide bonds. The second-order valence-electron chi connectivity index (χ2n) is 3.73. The van der Waals surface area contributed by atoms with Crippen LogP contribution < -0.4 is 0 Å². The summed E-state index contributed by atoms with van der Waals surface area (Å²) in [5.74, 6) is -0.644. The van der Waals surface area contributed by atoms with Gasteiger partial charge in [0.15, 0.2) is 0 Å². The molecule has 2 aromatic rings. The van der Waals surface area contributed by atoms with E-state index in [0.29, 0.717) is 0 Å². The molecule has 0 spiro atoms. The highest BCUT2D eigenvalue weighted by atomic mass is 35.5. The number of aliphatic hydroxyl groups excluding tert-OH is 1. The number of halogens is 6. The molecule has 1 aromatic heterocycles. The second-order valence-corrected chi connectivity index (χ2v) is 5.62. The van der Waals surface area contributed by atoms with Gasteiger partial charge < -0.3 is 5.11 Å². The minimum absolute atomic E-state index is 0.0226. The van der Waals surface area contributed by atoms with Crippen molar-refractivity contribution in [3.63, 3.8) is 0 Å². The first-order valence-electron chi connectivity index (χ1n) is 5.16. The van der Waals surface area contributed by atoms with Gasteiger partial charge in [0.25, 0.3) is 0 Å². The lowest BCUT2D eigenvalue weighted by Crippen LogP contribution is -1.98. The van der Waals surface area contributed by atoms with Crippen molar-refractivity contribution in [2.24, 2.45) is 0 Å². The van der Waals surface area contributed by atoms with Gasteiger partial charge in [-0.3, -0.25) is 0 Å². The van der Waals surface area contributed by atoms with Gasteiger partial charge in [-0.05, 0) is 12.1 Å². The summed E-state index contributed by atoms with van der Waals surface area (Å²) >= 11 is 30.0. The van der Waals surface area contributed by atoms with E-state index in [0.717, 1.165) is 6.07 Å². The molecular formula is C12H5Cl5FNO. The lowest BCUT2D eigenvalue weighted by Gasteiger charge is -2.12. The van der Waals surface area contributed by atoms with Gasteiger partial charge in [0.2, 0.25) is 0 Å². The lowest BCUT2D eigenvalue weighted by atomic mass is 10.1. The first kappa shape index (κ1) is 16.1. The molecule has 2 nitrogen and oxygen atoms in total. The fourth-order valence-electron chi connectivity index (χ4n) is 1.56. The summed E-state index contributed by atoms with van der Waals surface area (Å²) in [6.45, 7) is -0.566. The van der Waals surface area contributed by atoms with E-state index in [4.69, 9.17) is 63.1 Å². The molecule has 8 heteroatoms. The fourth-order valence-corrected chi connectivity index (χ4v) is 2.90. The van der Waals surface area contributed by atoms with Crippen molar-refractivity contribution in [2.45, 2.75) is 6.61 Å². The highest BCUT2D eigenvalue weighted by Crippen LogP contribution is 2.47. The van der Waals surface area contributed by atoms with Gasteiger partial charge in [-0.15, -0.1) is 0 Å². The Morgan fingerprint density at radius 1 is 0.900 bits per heavy atom. The summed E-state index contributed by atoms with van der Waals surface area (Å²) < 4.78 is 13.3. The quantitative estimate of drug-likeness (QED) is 0.544. The van der Waals surface area contributed by atoms with Crippen LogP contribution in [-0.4, -0.2) is 10.1 Å². The maximum absolute atomic E-state index is 13.3. The predicted octanol–water partition coefficient (Wildman–Crippen LogP) is 5.65. The fraction of sp³-hybridized carbons (Fsp3) is 0.0833. The maximum Gasteiger partial charge on any atom is 0.147 e. The molecule has 0 unspecified atom stereocenters. The molecule has 0 saturated heterocycles. The number of hydrogen-bond donors (Lipinski definition) is 1. The van der Waals surface area contributed by atoms with Gasteiger partial charge in [-0.2, -0.15) is 0 Å². The second kappa shape index (κ2) is 6.22. The van der Waals surface area contributed by atoms with Crippen molar-refractivity contribution in [3.05, 3.63) is 48.8 Å². The molecule has 106 valence electrons. The van der Waals surface area contributed by atoms with E-state index < -0.39 is 12.4 Å². The van der Waals surface area contributed by atoms with Crippen LogP contribution in [0.15, 0.2) is 12.1 Å². The number of hydrogen-bond acceptors (Lipinski definition) is 2. The normalized spacial score (nSPS) is 10.9. The summed E-state index contributed by atoms with van der Waals surface area (Å²) in [7, 11) is 0. The van der Waals surface area contributed by atoms with Crippen LogP contribution in [0.3, 0.4) is 0 Å². The molecule has 1 heterocycles. The van der Waals surface area contributed by atoms with E-state index in [2.05, 4.69) is 4.98 Å². The first-order chi connectivity index (χ1) is 9.38. The van der Waals surface area contributed by atoms with Crippen LogP contribution in [0.1, 0.15) is 5.69 Å². The standard InChI is InChI=1S/C12H5Cl5FNO/c13-8-7(9(14)11(16)12(17)10(8)15)5-2-1-4(18)6(3-20)19-5/h1-2,20H,3H2. The molecule has 0 bridgehead atoms. The Bertz CT molecular complexity index is 663. The lowest BCUT2D eigenvalue weighted by molar-refractivity contribution is 0.270. The van der Waals surface area contributed by atoms with Crippen LogP contribution in [0, 0.1) is 5.82 Å². The summed E-state index contributed by atoms with van der Waals surface area (Å²) in [6.07, 6.45) is 0. The van der Waals surface area contributed by atoms with Crippen LogP contribution >= 0.6 is 58.0 Å². The Morgan fingerprint density at radius 3 is 1.90 bits per heavy atom. The molecule has 0 aliphatic carbocycles. The van der Waals surface area contributed by atoms with Gasteiger partial charge in [-0.25, -0.2) is 9.37 Å². The van der Waals surface area contributed by atoms with Crippen molar-refractivity contribution >= 4 is 58.0 Å².